The lowest BCUT2D eigenvalue weighted by Crippen LogP contribution is -2.34. The van der Waals surface area contributed by atoms with E-state index >= 15 is 0 Å². The summed E-state index contributed by atoms with van der Waals surface area (Å²) in [6, 6.07) is 0. The predicted molar refractivity (Wildman–Crippen MR) is 32.8 cm³/mol. The molecule has 0 amide bonds. The lowest BCUT2D eigenvalue weighted by atomic mass is 9.95. The Balaban J connectivity index is 2.68. The monoisotopic (exact) mass is 91.1 g/mol. The zero-order chi connectivity index (χ0) is 5.70. The van der Waals surface area contributed by atoms with Gasteiger partial charge in [0, 0.05) is 0 Å². The number of hydrogen-bond donors (Lipinski definition) is 1. The normalized spacial score (nSPS) is 9.43. The molecular formula is C2H6B3N2. The van der Waals surface area contributed by atoms with Crippen molar-refractivity contribution in [1.29, 1.82) is 0 Å². The van der Waals surface area contributed by atoms with Crippen molar-refractivity contribution in [2.75, 3.05) is 6.54 Å². The Morgan fingerprint density at radius 1 is 1.71 bits per heavy atom. The summed E-state index contributed by atoms with van der Waals surface area (Å²) in [7, 11) is 11.4. The van der Waals surface area contributed by atoms with Gasteiger partial charge < -0.3 is 9.86 Å². The second-order valence-corrected chi connectivity index (χ2v) is 1.13. The molecule has 0 aromatic heterocycles. The Hall–Kier alpha value is 0.115. The second kappa shape index (κ2) is 4.28. The first kappa shape index (κ1) is 7.11. The highest BCUT2D eigenvalue weighted by molar-refractivity contribution is 6.51. The summed E-state index contributed by atoms with van der Waals surface area (Å²) >= 11 is 0. The van der Waals surface area contributed by atoms with Gasteiger partial charge in [0.2, 0.25) is 0 Å². The van der Waals surface area contributed by atoms with Crippen molar-refractivity contribution < 1.29 is 0 Å². The van der Waals surface area contributed by atoms with Crippen molar-refractivity contribution in [2.24, 2.45) is 0 Å². The van der Waals surface area contributed by atoms with E-state index in [0.717, 1.165) is 11.2 Å². The van der Waals surface area contributed by atoms with Gasteiger partial charge >= 0.3 is 0 Å². The van der Waals surface area contributed by atoms with Gasteiger partial charge in [-0.25, -0.2) is 0 Å². The van der Waals surface area contributed by atoms with Gasteiger partial charge in [0.25, 0.3) is 7.55 Å². The number of hydrogen-bond acceptors (Lipinski definition) is 2. The largest absolute Gasteiger partial charge is 0.437 e. The molecule has 0 unspecified atom stereocenters. The Kier molecular flexibility index (Phi) is 4.35. The maximum absolute atomic E-state index is 4.97. The van der Waals surface area contributed by atoms with E-state index in [9.17, 15) is 0 Å². The molecule has 0 atom stereocenters. The lowest BCUT2D eigenvalue weighted by molar-refractivity contribution is 0.947. The van der Waals surface area contributed by atoms with Crippen LogP contribution in [-0.2, 0) is 0 Å². The quantitative estimate of drug-likeness (QED) is 0.429. The molecule has 0 rings (SSSR count). The molecule has 0 aromatic rings. The highest BCUT2D eigenvalue weighted by Crippen LogP contribution is 1.56. The standard InChI is InChI=1S/C2H6B3N2/c1-2-6-5-7(3)4/h6H,2H2,1H3. The van der Waals surface area contributed by atoms with Crippen LogP contribution in [0, 0.1) is 0 Å². The fourth-order valence-electron chi connectivity index (χ4n) is 0.197. The van der Waals surface area contributed by atoms with Crippen molar-refractivity contribution in [2.45, 2.75) is 6.92 Å². The third-order valence-corrected chi connectivity index (χ3v) is 0.444. The van der Waals surface area contributed by atoms with Gasteiger partial charge in [-0.05, 0) is 6.54 Å². The fraction of sp³-hybridized carbons (Fsp3) is 1.00. The SMILES string of the molecule is [B]N([B])[B]NCC. The fourth-order valence-corrected chi connectivity index (χ4v) is 0.197. The molecule has 5 heteroatoms. The summed E-state index contributed by atoms with van der Waals surface area (Å²) in [5, 5.41) is 2.80. The molecule has 0 saturated heterocycles. The summed E-state index contributed by atoms with van der Waals surface area (Å²) in [5.41, 5.74) is 0. The topological polar surface area (TPSA) is 15.3 Å². The maximum atomic E-state index is 4.97. The molecule has 0 aliphatic carbocycles. The molecule has 33 valence electrons. The van der Waals surface area contributed by atoms with Crippen LogP contribution in [0.4, 0.5) is 0 Å². The second-order valence-electron chi connectivity index (χ2n) is 1.13. The molecule has 5 radical (unpaired) electrons. The summed E-state index contributed by atoms with van der Waals surface area (Å²) in [6.45, 7) is 2.80. The van der Waals surface area contributed by atoms with Crippen molar-refractivity contribution in [3.8, 4) is 0 Å². The van der Waals surface area contributed by atoms with E-state index in [1.807, 2.05) is 6.92 Å². The molecule has 0 fully saturated rings. The first-order chi connectivity index (χ1) is 3.27. The Bertz CT molecular complexity index is 39.9. The van der Waals surface area contributed by atoms with E-state index in [1.165, 1.54) is 7.55 Å². The molecule has 0 bridgehead atoms. The van der Waals surface area contributed by atoms with E-state index in [0.29, 0.717) is 0 Å². The summed E-state index contributed by atoms with van der Waals surface area (Å²) in [6.07, 6.45) is 0. The molecule has 0 spiro atoms. The lowest BCUT2D eigenvalue weighted by Gasteiger charge is -2.06. The van der Waals surface area contributed by atoms with Gasteiger partial charge in [-0.1, -0.05) is 6.92 Å². The molecule has 0 aliphatic rings. The van der Waals surface area contributed by atoms with Gasteiger partial charge in [0.05, 0.1) is 0 Å². The third kappa shape index (κ3) is 6.11. The number of rotatable bonds is 3. The van der Waals surface area contributed by atoms with Gasteiger partial charge in [-0.2, -0.15) is 0 Å². The van der Waals surface area contributed by atoms with Gasteiger partial charge in [0.1, 0.15) is 0 Å². The highest BCUT2D eigenvalue weighted by Gasteiger charge is 1.86. The van der Waals surface area contributed by atoms with Crippen LogP contribution in [0.25, 0.3) is 0 Å². The smallest absolute Gasteiger partial charge is 0.284 e. The summed E-state index contributed by atoms with van der Waals surface area (Å²) in [5.74, 6) is 0. The van der Waals surface area contributed by atoms with Gasteiger partial charge in [-0.15, -0.1) is 0 Å². The minimum Gasteiger partial charge on any atom is -0.437 e. The Labute approximate surface area is 47.8 Å². The zero-order valence-corrected chi connectivity index (χ0v) is 4.39. The van der Waals surface area contributed by atoms with Gasteiger partial charge in [-0.3, -0.25) is 0 Å². The highest BCUT2D eigenvalue weighted by atomic mass is 14.9. The Morgan fingerprint density at radius 3 is 2.43 bits per heavy atom. The van der Waals surface area contributed by atoms with E-state index in [2.05, 4.69) is 5.23 Å². The molecule has 2 nitrogen and oxygen atoms in total. The zero-order valence-electron chi connectivity index (χ0n) is 4.39. The van der Waals surface area contributed by atoms with Crippen molar-refractivity contribution >= 4 is 23.5 Å². The van der Waals surface area contributed by atoms with Crippen molar-refractivity contribution in [3.05, 3.63) is 0 Å². The van der Waals surface area contributed by atoms with E-state index in [1.54, 1.807) is 0 Å². The minimum absolute atomic E-state index is 0.838. The summed E-state index contributed by atoms with van der Waals surface area (Å²) < 4.78 is 0.976. The molecule has 7 heavy (non-hydrogen) atoms. The van der Waals surface area contributed by atoms with Crippen LogP contribution >= 0.6 is 0 Å². The van der Waals surface area contributed by atoms with Crippen LogP contribution in [0.2, 0.25) is 0 Å². The molecule has 0 saturated carbocycles. The molecule has 0 aromatic carbocycles. The van der Waals surface area contributed by atoms with Crippen LogP contribution in [0.15, 0.2) is 0 Å². The van der Waals surface area contributed by atoms with Crippen LogP contribution in [-0.4, -0.2) is 34.7 Å². The maximum Gasteiger partial charge on any atom is 0.284 e. The molecule has 0 heterocycles. The average molecular weight is 90.5 g/mol. The first-order valence-electron chi connectivity index (χ1n) is 2.12. The van der Waals surface area contributed by atoms with Crippen molar-refractivity contribution in [1.82, 2.24) is 9.86 Å². The number of nitrogens with one attached hydrogen (secondary N) is 1. The van der Waals surface area contributed by atoms with E-state index in [4.69, 9.17) is 16.0 Å². The van der Waals surface area contributed by atoms with Crippen LogP contribution in [0.3, 0.4) is 0 Å². The summed E-state index contributed by atoms with van der Waals surface area (Å²) in [4.78, 5) is 0. The first-order valence-corrected chi connectivity index (χ1v) is 2.12. The minimum atomic E-state index is 0.838. The van der Waals surface area contributed by atoms with Gasteiger partial charge in [0.15, 0.2) is 16.0 Å². The molecule has 0 aliphatic heterocycles. The predicted octanol–water partition coefficient (Wildman–Crippen LogP) is -1.40. The number of nitrogens with zero attached hydrogens (tertiary/aromatic N) is 1. The van der Waals surface area contributed by atoms with Crippen molar-refractivity contribution in [3.63, 3.8) is 0 Å². The Morgan fingerprint density at radius 2 is 2.29 bits per heavy atom. The van der Waals surface area contributed by atoms with E-state index < -0.39 is 0 Å². The third-order valence-electron chi connectivity index (χ3n) is 0.444. The van der Waals surface area contributed by atoms with Crippen LogP contribution in [0.1, 0.15) is 6.92 Å². The van der Waals surface area contributed by atoms with Crippen LogP contribution in [0.5, 0.6) is 0 Å². The molecular weight excluding hydrogens is 84.5 g/mol. The van der Waals surface area contributed by atoms with Crippen LogP contribution < -0.4 is 5.23 Å². The average Bonchev–Trinajstić information content (AvgIpc) is 1.61. The van der Waals surface area contributed by atoms with E-state index in [-0.39, 0.29) is 0 Å². The molecule has 1 N–H and O–H groups in total.